The molecular weight excluding hydrogens is 252 g/mol. The van der Waals surface area contributed by atoms with Crippen molar-refractivity contribution >= 4 is 5.69 Å². The molecule has 0 radical (unpaired) electrons. The number of aromatic hydroxyl groups is 1. The van der Waals surface area contributed by atoms with Gasteiger partial charge in [0.25, 0.3) is 0 Å². The van der Waals surface area contributed by atoms with E-state index in [9.17, 15) is 10.2 Å². The summed E-state index contributed by atoms with van der Waals surface area (Å²) >= 11 is 0. The molecule has 3 N–H and O–H groups in total. The maximum Gasteiger partial charge on any atom is 0.138 e. The largest absolute Gasteiger partial charge is 0.506 e. The molecule has 0 fully saturated rings. The number of β-amino-alcohol motifs (C(OH)–C–C–N with tert-alkyl or cyclic N) is 1. The molecule has 0 heterocycles. The zero-order valence-electron chi connectivity index (χ0n) is 13.3. The third-order valence-electron chi connectivity index (χ3n) is 3.31. The zero-order valence-corrected chi connectivity index (χ0v) is 13.3. The van der Waals surface area contributed by atoms with Gasteiger partial charge in [-0.1, -0.05) is 6.07 Å². The average Bonchev–Trinajstić information content (AvgIpc) is 2.38. The lowest BCUT2D eigenvalue weighted by Crippen LogP contribution is -2.38. The van der Waals surface area contributed by atoms with E-state index in [1.54, 1.807) is 12.1 Å². The highest BCUT2D eigenvalue weighted by molar-refractivity contribution is 5.59. The Morgan fingerprint density at radius 3 is 2.30 bits per heavy atom. The Hall–Kier alpha value is -1.26. The van der Waals surface area contributed by atoms with Crippen molar-refractivity contribution in [2.75, 3.05) is 24.5 Å². The first-order valence-electron chi connectivity index (χ1n) is 7.29. The van der Waals surface area contributed by atoms with E-state index < -0.39 is 6.10 Å². The van der Waals surface area contributed by atoms with Crippen LogP contribution in [-0.2, 0) is 0 Å². The van der Waals surface area contributed by atoms with Crippen LogP contribution in [0, 0.1) is 0 Å². The van der Waals surface area contributed by atoms with Crippen molar-refractivity contribution in [2.24, 2.45) is 0 Å². The summed E-state index contributed by atoms with van der Waals surface area (Å²) in [6.07, 6.45) is -0.580. The molecule has 0 saturated carbocycles. The number of nitrogens with zero attached hydrogens (tertiary/aromatic N) is 1. The lowest BCUT2D eigenvalue weighted by Gasteiger charge is -2.25. The summed E-state index contributed by atoms with van der Waals surface area (Å²) in [5.74, 6) is 0.258. The molecule has 1 aromatic carbocycles. The van der Waals surface area contributed by atoms with Gasteiger partial charge in [0.15, 0.2) is 0 Å². The Bertz CT molecular complexity index is 423. The summed E-state index contributed by atoms with van der Waals surface area (Å²) in [6.45, 7) is 12.4. The normalized spacial score (nSPS) is 13.3. The minimum atomic E-state index is -0.580. The summed E-state index contributed by atoms with van der Waals surface area (Å²) in [5.41, 5.74) is 1.57. The van der Waals surface area contributed by atoms with Crippen molar-refractivity contribution in [3.8, 4) is 5.75 Å². The van der Waals surface area contributed by atoms with Crippen LogP contribution >= 0.6 is 0 Å². The van der Waals surface area contributed by atoms with Crippen molar-refractivity contribution in [1.29, 1.82) is 0 Å². The molecule has 0 aliphatic heterocycles. The van der Waals surface area contributed by atoms with E-state index in [2.05, 4.69) is 31.0 Å². The van der Waals surface area contributed by atoms with Gasteiger partial charge in [0, 0.05) is 25.2 Å². The topological polar surface area (TPSA) is 55.7 Å². The van der Waals surface area contributed by atoms with Gasteiger partial charge in [0.1, 0.15) is 5.75 Å². The molecular formula is C16H28N2O2. The second-order valence-corrected chi connectivity index (χ2v) is 6.07. The van der Waals surface area contributed by atoms with Crippen LogP contribution in [-0.4, -0.2) is 35.4 Å². The molecule has 0 aromatic heterocycles. The Kier molecular flexibility index (Phi) is 5.84. The zero-order chi connectivity index (χ0) is 15.3. The predicted molar refractivity (Wildman–Crippen MR) is 84.4 cm³/mol. The number of benzene rings is 1. The average molecular weight is 280 g/mol. The second-order valence-electron chi connectivity index (χ2n) is 6.07. The fraction of sp³-hybridized carbons (Fsp3) is 0.625. The van der Waals surface area contributed by atoms with E-state index in [1.807, 2.05) is 19.9 Å². The number of anilines is 1. The molecule has 4 nitrogen and oxygen atoms in total. The van der Waals surface area contributed by atoms with Gasteiger partial charge < -0.3 is 20.4 Å². The molecule has 4 heteroatoms. The minimum absolute atomic E-state index is 0.0282. The summed E-state index contributed by atoms with van der Waals surface area (Å²) in [5, 5.41) is 23.5. The van der Waals surface area contributed by atoms with E-state index in [4.69, 9.17) is 0 Å². The first kappa shape index (κ1) is 16.8. The molecule has 20 heavy (non-hydrogen) atoms. The molecule has 1 aromatic rings. The molecule has 0 amide bonds. The van der Waals surface area contributed by atoms with Gasteiger partial charge in [0.2, 0.25) is 0 Å². The molecule has 114 valence electrons. The van der Waals surface area contributed by atoms with E-state index in [1.165, 1.54) is 0 Å². The lowest BCUT2D eigenvalue weighted by atomic mass is 10.0. The molecule has 0 spiro atoms. The highest BCUT2D eigenvalue weighted by atomic mass is 16.3. The van der Waals surface area contributed by atoms with Crippen LogP contribution in [0.25, 0.3) is 0 Å². The smallest absolute Gasteiger partial charge is 0.138 e. The second kappa shape index (κ2) is 6.95. The Morgan fingerprint density at radius 1 is 1.20 bits per heavy atom. The summed E-state index contributed by atoms with van der Waals surface area (Å²) in [4.78, 5) is 2.07. The molecule has 1 rings (SSSR count). The van der Waals surface area contributed by atoms with Crippen LogP contribution in [0.3, 0.4) is 0 Å². The summed E-state index contributed by atoms with van der Waals surface area (Å²) in [6, 6.07) is 5.30. The number of aliphatic hydroxyl groups is 1. The van der Waals surface area contributed by atoms with E-state index in [-0.39, 0.29) is 11.3 Å². The van der Waals surface area contributed by atoms with E-state index >= 15 is 0 Å². The van der Waals surface area contributed by atoms with E-state index in [0.29, 0.717) is 6.54 Å². The predicted octanol–water partition coefficient (Wildman–Crippen LogP) is 2.66. The Balaban J connectivity index is 2.88. The highest BCUT2D eigenvalue weighted by Gasteiger charge is 2.16. The first-order valence-corrected chi connectivity index (χ1v) is 7.29. The van der Waals surface area contributed by atoms with Gasteiger partial charge in [-0.25, -0.2) is 0 Å². The SMILES string of the molecule is CCN(CC)c1cc(C(O)CNC(C)(C)C)ccc1O. The minimum Gasteiger partial charge on any atom is -0.506 e. The number of rotatable bonds is 6. The molecule has 0 bridgehead atoms. The number of hydrogen-bond donors (Lipinski definition) is 3. The monoisotopic (exact) mass is 280 g/mol. The van der Waals surface area contributed by atoms with Crippen molar-refractivity contribution in [3.05, 3.63) is 23.8 Å². The third kappa shape index (κ3) is 4.69. The van der Waals surface area contributed by atoms with Crippen LogP contribution < -0.4 is 10.2 Å². The van der Waals surface area contributed by atoms with Crippen molar-refractivity contribution < 1.29 is 10.2 Å². The van der Waals surface area contributed by atoms with Gasteiger partial charge in [0.05, 0.1) is 11.8 Å². The molecule has 0 aliphatic rings. The van der Waals surface area contributed by atoms with Crippen molar-refractivity contribution in [2.45, 2.75) is 46.3 Å². The molecule has 1 atom stereocenters. The number of phenolic OH excluding ortho intramolecular Hbond substituents is 1. The molecule has 0 aliphatic carbocycles. The molecule has 0 saturated heterocycles. The van der Waals surface area contributed by atoms with Crippen LogP contribution in [0.5, 0.6) is 5.75 Å². The standard InChI is InChI=1S/C16H28N2O2/c1-6-18(7-2)13-10-12(8-9-14(13)19)15(20)11-17-16(3,4)5/h8-10,15,17,19-20H,6-7,11H2,1-5H3. The number of hydrogen-bond acceptors (Lipinski definition) is 4. The van der Waals surface area contributed by atoms with Gasteiger partial charge in [-0.15, -0.1) is 0 Å². The maximum atomic E-state index is 10.3. The Labute approximate surface area is 122 Å². The van der Waals surface area contributed by atoms with Gasteiger partial charge in [-0.2, -0.15) is 0 Å². The van der Waals surface area contributed by atoms with Crippen molar-refractivity contribution in [1.82, 2.24) is 5.32 Å². The first-order chi connectivity index (χ1) is 9.28. The van der Waals surface area contributed by atoms with E-state index in [0.717, 1.165) is 24.3 Å². The quantitative estimate of drug-likeness (QED) is 0.750. The maximum absolute atomic E-state index is 10.3. The van der Waals surface area contributed by atoms with Crippen molar-refractivity contribution in [3.63, 3.8) is 0 Å². The highest BCUT2D eigenvalue weighted by Crippen LogP contribution is 2.30. The van der Waals surface area contributed by atoms with Crippen LogP contribution in [0.15, 0.2) is 18.2 Å². The lowest BCUT2D eigenvalue weighted by molar-refractivity contribution is 0.163. The van der Waals surface area contributed by atoms with Gasteiger partial charge in [-0.05, 0) is 52.3 Å². The van der Waals surface area contributed by atoms with Gasteiger partial charge in [-0.3, -0.25) is 0 Å². The van der Waals surface area contributed by atoms with Gasteiger partial charge >= 0.3 is 0 Å². The van der Waals surface area contributed by atoms with Crippen LogP contribution in [0.2, 0.25) is 0 Å². The van der Waals surface area contributed by atoms with Crippen LogP contribution in [0.4, 0.5) is 5.69 Å². The molecule has 1 unspecified atom stereocenters. The number of aliphatic hydroxyl groups excluding tert-OH is 1. The number of nitrogens with one attached hydrogen (secondary N) is 1. The fourth-order valence-corrected chi connectivity index (χ4v) is 2.09. The summed E-state index contributed by atoms with van der Waals surface area (Å²) < 4.78 is 0. The van der Waals surface area contributed by atoms with Crippen LogP contribution in [0.1, 0.15) is 46.3 Å². The third-order valence-corrected chi connectivity index (χ3v) is 3.31. The summed E-state index contributed by atoms with van der Waals surface area (Å²) in [7, 11) is 0. The fourth-order valence-electron chi connectivity index (χ4n) is 2.09. The Morgan fingerprint density at radius 2 is 1.80 bits per heavy atom. The number of phenols is 1.